The second-order valence-electron chi connectivity index (χ2n) is 12.3. The minimum Gasteiger partial charge on any atom is -0.506 e. The van der Waals surface area contributed by atoms with Crippen LogP contribution in [0.25, 0.3) is 66.3 Å². The first-order valence-corrected chi connectivity index (χ1v) is 15.8. The van der Waals surface area contributed by atoms with Gasteiger partial charge in [0.1, 0.15) is 0 Å². The van der Waals surface area contributed by atoms with Gasteiger partial charge in [0.25, 0.3) is 0 Å². The van der Waals surface area contributed by atoms with Crippen LogP contribution in [0, 0.1) is 53.7 Å². The number of rotatable bonds is 3. The van der Waals surface area contributed by atoms with Crippen molar-refractivity contribution < 1.29 is 24.5 Å². The Labute approximate surface area is 295 Å². The second-order valence-corrected chi connectivity index (χ2v) is 12.3. The first kappa shape index (κ1) is 33.0. The van der Waals surface area contributed by atoms with Crippen molar-refractivity contribution in [1.82, 2.24) is 15.0 Å². The van der Waals surface area contributed by atoms with Crippen LogP contribution in [0.4, 0.5) is 0 Å². The van der Waals surface area contributed by atoms with E-state index in [9.17, 15) is 0 Å². The summed E-state index contributed by atoms with van der Waals surface area (Å²) in [6.45, 7) is 12.6. The number of nitrogens with zero attached hydrogens (tertiary/aromatic N) is 3. The van der Waals surface area contributed by atoms with Gasteiger partial charge in [-0.15, -0.1) is 41.0 Å². The molecular weight excluding hydrogens is 767 g/mol. The van der Waals surface area contributed by atoms with Crippen molar-refractivity contribution in [2.75, 3.05) is 0 Å². The van der Waals surface area contributed by atoms with Crippen molar-refractivity contribution in [3.05, 3.63) is 149 Å². The fourth-order valence-electron chi connectivity index (χ4n) is 5.93. The quantitative estimate of drug-likeness (QED) is 0.167. The topological polar surface area (TPSA) is 51.8 Å². The van der Waals surface area contributed by atoms with Crippen LogP contribution in [-0.4, -0.2) is 15.0 Å². The molecule has 0 amide bonds. The second kappa shape index (κ2) is 13.6. The van der Waals surface area contributed by atoms with Crippen molar-refractivity contribution in [3.63, 3.8) is 0 Å². The van der Waals surface area contributed by atoms with Gasteiger partial charge in [-0.25, -0.2) is 0 Å². The third kappa shape index (κ3) is 6.44. The summed E-state index contributed by atoms with van der Waals surface area (Å²) < 4.78 is 5.71. The molecule has 0 aliphatic heterocycles. The van der Waals surface area contributed by atoms with Crippen LogP contribution in [0.2, 0.25) is 0 Å². The molecule has 1 radical (unpaired) electrons. The van der Waals surface area contributed by atoms with Crippen LogP contribution >= 0.6 is 0 Å². The third-order valence-corrected chi connectivity index (χ3v) is 8.94. The average molecular weight is 802 g/mol. The largest absolute Gasteiger partial charge is 0.506 e. The summed E-state index contributed by atoms with van der Waals surface area (Å²) >= 11 is 0. The van der Waals surface area contributed by atoms with Crippen molar-refractivity contribution in [3.8, 4) is 33.6 Å². The summed E-state index contributed by atoms with van der Waals surface area (Å²) in [7, 11) is 0. The normalized spacial score (nSPS) is 11.0. The van der Waals surface area contributed by atoms with Gasteiger partial charge in [-0.05, 0) is 84.6 Å². The van der Waals surface area contributed by atoms with Gasteiger partial charge < -0.3 is 9.40 Å². The zero-order valence-electron chi connectivity index (χ0n) is 27.9. The van der Waals surface area contributed by atoms with E-state index in [1.54, 1.807) is 6.26 Å². The van der Waals surface area contributed by atoms with Crippen molar-refractivity contribution in [2.24, 2.45) is 0 Å². The Morgan fingerprint density at radius 2 is 1.46 bits per heavy atom. The third-order valence-electron chi connectivity index (χ3n) is 8.94. The van der Waals surface area contributed by atoms with Gasteiger partial charge in [0.2, 0.25) is 0 Å². The number of hydrogen-bond acceptors (Lipinski definition) is 4. The molecule has 5 heteroatoms. The number of pyridine rings is 3. The van der Waals surface area contributed by atoms with Crippen LogP contribution in [0.5, 0.6) is 0 Å². The number of aryl methyl sites for hydroxylation is 6. The van der Waals surface area contributed by atoms with Gasteiger partial charge in [-0.2, -0.15) is 0 Å². The maximum Gasteiger partial charge on any atom is 0.0847 e. The van der Waals surface area contributed by atoms with Gasteiger partial charge in [-0.1, -0.05) is 90.3 Å². The molecule has 0 spiro atoms. The summed E-state index contributed by atoms with van der Waals surface area (Å²) in [6, 6.07) is 36.3. The number of furan rings is 1. The minimum absolute atomic E-state index is 0. The molecule has 0 bridgehead atoms. The number of hydrogen-bond donors (Lipinski definition) is 0. The SMILES string of the molecule is Cc1c[c-]c(-c2cc(C)c(C)cn2)cc1C.Cc1ccc2c(-c3cc(-c4cc(C)c5ccccc5c4)ccn3)[c-]c3ccoc3c2n1.[Ir]. The first-order chi connectivity index (χ1) is 22.7. The van der Waals surface area contributed by atoms with Crippen LogP contribution < -0.4 is 0 Å². The summed E-state index contributed by atoms with van der Waals surface area (Å²) in [5, 5.41) is 4.43. The number of aromatic nitrogens is 3. The molecule has 4 aromatic heterocycles. The maximum absolute atomic E-state index is 5.71. The Balaban J connectivity index is 0.000000201. The van der Waals surface area contributed by atoms with Gasteiger partial charge in [0, 0.05) is 55.7 Å². The number of fused-ring (bicyclic) bond motifs is 4. The van der Waals surface area contributed by atoms with Crippen LogP contribution in [-0.2, 0) is 20.1 Å². The Morgan fingerprint density at radius 3 is 2.27 bits per heavy atom. The van der Waals surface area contributed by atoms with E-state index in [1.165, 1.54) is 44.2 Å². The summed E-state index contributed by atoms with van der Waals surface area (Å²) in [4.78, 5) is 13.9. The zero-order chi connectivity index (χ0) is 32.7. The molecule has 0 saturated heterocycles. The standard InChI is InChI=1S/C28H19N2O.C15H16N.Ir/c1-17-13-22(14-20-5-3-4-6-23(17)20)19-9-11-29-26(16-19)25-15-21-10-12-31-28(21)27-24(25)8-7-18(2)30-27;1-10-5-6-14(7-11(10)2)15-8-12(3)13(4)9-16-15;/h3-14,16H,1-2H3;5,7-9H,1-4H3;/q2*-1;. The van der Waals surface area contributed by atoms with E-state index in [0.717, 1.165) is 55.6 Å². The molecule has 48 heavy (non-hydrogen) atoms. The summed E-state index contributed by atoms with van der Waals surface area (Å²) in [5.41, 5.74) is 15.1. The van der Waals surface area contributed by atoms with Gasteiger partial charge in [-0.3, -0.25) is 9.97 Å². The van der Waals surface area contributed by atoms with Crippen molar-refractivity contribution in [1.29, 1.82) is 0 Å². The van der Waals surface area contributed by atoms with Gasteiger partial charge in [0.05, 0.1) is 5.58 Å². The fraction of sp³-hybridized carbons (Fsp3) is 0.140. The molecular formula is C43H35IrN3O-2. The smallest absolute Gasteiger partial charge is 0.0847 e. The van der Waals surface area contributed by atoms with Gasteiger partial charge in [0.15, 0.2) is 0 Å². The monoisotopic (exact) mass is 802 g/mol. The molecule has 8 rings (SSSR count). The molecule has 0 atom stereocenters. The molecule has 0 N–H and O–H groups in total. The minimum atomic E-state index is 0. The fourth-order valence-corrected chi connectivity index (χ4v) is 5.93. The molecule has 0 aliphatic carbocycles. The average Bonchev–Trinajstić information content (AvgIpc) is 3.56. The first-order valence-electron chi connectivity index (χ1n) is 15.8. The Hall–Kier alpha value is -4.96. The summed E-state index contributed by atoms with van der Waals surface area (Å²) in [6.07, 6.45) is 5.49. The summed E-state index contributed by atoms with van der Waals surface area (Å²) in [5.74, 6) is 0. The maximum atomic E-state index is 5.71. The molecule has 0 fully saturated rings. The molecule has 4 heterocycles. The van der Waals surface area contributed by atoms with Crippen LogP contribution in [0.3, 0.4) is 0 Å². The van der Waals surface area contributed by atoms with E-state index in [2.05, 4.69) is 118 Å². The van der Waals surface area contributed by atoms with Crippen LogP contribution in [0.1, 0.15) is 33.5 Å². The molecule has 0 unspecified atom stereocenters. The van der Waals surface area contributed by atoms with Crippen molar-refractivity contribution in [2.45, 2.75) is 41.5 Å². The Kier molecular flexibility index (Phi) is 9.37. The molecule has 4 nitrogen and oxygen atoms in total. The van der Waals surface area contributed by atoms with E-state index in [1.807, 2.05) is 37.5 Å². The van der Waals surface area contributed by atoms with E-state index in [-0.39, 0.29) is 20.1 Å². The Bertz CT molecular complexity index is 2390. The van der Waals surface area contributed by atoms with E-state index >= 15 is 0 Å². The van der Waals surface area contributed by atoms with E-state index < -0.39 is 0 Å². The molecule has 0 saturated carbocycles. The van der Waals surface area contributed by atoms with E-state index in [4.69, 9.17) is 14.4 Å². The molecule has 239 valence electrons. The van der Waals surface area contributed by atoms with Gasteiger partial charge >= 0.3 is 0 Å². The predicted octanol–water partition coefficient (Wildman–Crippen LogP) is 11.1. The number of benzene rings is 4. The molecule has 0 aliphatic rings. The Morgan fingerprint density at radius 1 is 0.646 bits per heavy atom. The van der Waals surface area contributed by atoms with Crippen LogP contribution in [0.15, 0.2) is 108 Å². The van der Waals surface area contributed by atoms with Crippen molar-refractivity contribution >= 4 is 32.6 Å². The zero-order valence-corrected chi connectivity index (χ0v) is 30.3. The van der Waals surface area contributed by atoms with E-state index in [0.29, 0.717) is 0 Å². The molecule has 4 aromatic carbocycles. The molecule has 8 aromatic rings. The predicted molar refractivity (Wildman–Crippen MR) is 193 cm³/mol.